The summed E-state index contributed by atoms with van der Waals surface area (Å²) < 4.78 is 3.68. The molecule has 0 spiro atoms. The van der Waals surface area contributed by atoms with Gasteiger partial charge in [-0.2, -0.15) is 0 Å². The van der Waals surface area contributed by atoms with E-state index in [0.717, 1.165) is 42.7 Å². The van der Waals surface area contributed by atoms with E-state index in [4.69, 9.17) is 0 Å². The van der Waals surface area contributed by atoms with E-state index in [1.54, 1.807) is 17.0 Å². The Bertz CT molecular complexity index is 1010. The zero-order chi connectivity index (χ0) is 19.7. The molecule has 3 aromatic heterocycles. The van der Waals surface area contributed by atoms with Crippen LogP contribution < -0.4 is 5.56 Å². The summed E-state index contributed by atoms with van der Waals surface area (Å²) in [6, 6.07) is 9.51. The second kappa shape index (κ2) is 7.62. The lowest BCUT2D eigenvalue weighted by molar-refractivity contribution is 0.0682. The zero-order valence-electron chi connectivity index (χ0n) is 16.4. The van der Waals surface area contributed by atoms with Crippen molar-refractivity contribution in [2.75, 3.05) is 13.1 Å². The molecule has 1 fully saturated rings. The number of hydrogen-bond donors (Lipinski definition) is 0. The number of pyridine rings is 1. The molecule has 1 aliphatic heterocycles. The second-order valence-electron chi connectivity index (χ2n) is 7.96. The summed E-state index contributed by atoms with van der Waals surface area (Å²) in [5, 5.41) is 0. The summed E-state index contributed by atoms with van der Waals surface area (Å²) >= 11 is 0. The number of likely N-dealkylation sites (tertiary alicyclic amines) is 1. The first-order chi connectivity index (χ1) is 13.5. The van der Waals surface area contributed by atoms with Gasteiger partial charge in [0.15, 0.2) is 0 Å². The number of piperidine rings is 1. The van der Waals surface area contributed by atoms with Crippen molar-refractivity contribution in [2.24, 2.45) is 5.92 Å². The molecule has 1 aliphatic rings. The van der Waals surface area contributed by atoms with Crippen LogP contribution in [0.2, 0.25) is 0 Å². The maximum atomic E-state index is 12.8. The van der Waals surface area contributed by atoms with Crippen LogP contribution in [0.4, 0.5) is 0 Å². The molecule has 4 heterocycles. The molecular weight excluding hydrogens is 352 g/mol. The van der Waals surface area contributed by atoms with Crippen molar-refractivity contribution in [1.29, 1.82) is 0 Å². The molecule has 1 saturated heterocycles. The molecule has 0 saturated carbocycles. The number of aromatic nitrogens is 3. The Morgan fingerprint density at radius 1 is 1.21 bits per heavy atom. The van der Waals surface area contributed by atoms with Crippen LogP contribution in [0, 0.1) is 5.92 Å². The summed E-state index contributed by atoms with van der Waals surface area (Å²) in [5.74, 6) is 0.728. The normalized spacial score (nSPS) is 15.5. The molecule has 0 aliphatic carbocycles. The van der Waals surface area contributed by atoms with Crippen LogP contribution in [-0.4, -0.2) is 37.8 Å². The molecule has 4 rings (SSSR count). The van der Waals surface area contributed by atoms with Crippen molar-refractivity contribution >= 4 is 11.4 Å². The Kier molecular flexibility index (Phi) is 5.03. The van der Waals surface area contributed by atoms with Gasteiger partial charge in [-0.3, -0.25) is 14.2 Å². The fourth-order valence-electron chi connectivity index (χ4n) is 3.84. The number of carbonyl (C=O) groups is 1. The molecule has 6 nitrogen and oxygen atoms in total. The van der Waals surface area contributed by atoms with Crippen molar-refractivity contribution in [3.63, 3.8) is 0 Å². The van der Waals surface area contributed by atoms with Gasteiger partial charge >= 0.3 is 0 Å². The SMILES string of the molecule is CC(C)c1cc(=O)n(CC2CCN(C(=O)c3cc4ccccn4c3)CC2)cn1. The summed E-state index contributed by atoms with van der Waals surface area (Å²) in [5.41, 5.74) is 2.60. The third-order valence-corrected chi connectivity index (χ3v) is 5.60. The monoisotopic (exact) mass is 378 g/mol. The number of hydrogen-bond acceptors (Lipinski definition) is 3. The largest absolute Gasteiger partial charge is 0.339 e. The van der Waals surface area contributed by atoms with Crippen LogP contribution in [-0.2, 0) is 6.54 Å². The molecule has 0 radical (unpaired) electrons. The van der Waals surface area contributed by atoms with E-state index in [-0.39, 0.29) is 17.4 Å². The van der Waals surface area contributed by atoms with E-state index in [1.165, 1.54) is 0 Å². The number of amides is 1. The molecule has 146 valence electrons. The van der Waals surface area contributed by atoms with E-state index in [0.29, 0.717) is 12.5 Å². The average Bonchev–Trinajstić information content (AvgIpc) is 3.13. The molecule has 3 aromatic rings. The number of nitrogens with zero attached hydrogens (tertiary/aromatic N) is 4. The Morgan fingerprint density at radius 3 is 2.68 bits per heavy atom. The summed E-state index contributed by atoms with van der Waals surface area (Å²) in [4.78, 5) is 31.5. The van der Waals surface area contributed by atoms with Gasteiger partial charge in [-0.25, -0.2) is 4.98 Å². The van der Waals surface area contributed by atoms with Crippen LogP contribution >= 0.6 is 0 Å². The van der Waals surface area contributed by atoms with E-state index < -0.39 is 0 Å². The number of carbonyl (C=O) groups excluding carboxylic acids is 1. The van der Waals surface area contributed by atoms with Gasteiger partial charge in [0.1, 0.15) is 0 Å². The predicted octanol–water partition coefficient (Wildman–Crippen LogP) is 3.17. The molecular formula is C22H26N4O2. The molecule has 6 heteroatoms. The van der Waals surface area contributed by atoms with Gasteiger partial charge in [0.05, 0.1) is 17.6 Å². The molecule has 0 N–H and O–H groups in total. The minimum Gasteiger partial charge on any atom is -0.339 e. The number of fused-ring (bicyclic) bond motifs is 1. The van der Waals surface area contributed by atoms with Crippen LogP contribution in [0.5, 0.6) is 0 Å². The molecule has 0 aromatic carbocycles. The lowest BCUT2D eigenvalue weighted by Gasteiger charge is -2.32. The number of rotatable bonds is 4. The fourth-order valence-corrected chi connectivity index (χ4v) is 3.84. The van der Waals surface area contributed by atoms with Crippen molar-refractivity contribution < 1.29 is 4.79 Å². The van der Waals surface area contributed by atoms with Gasteiger partial charge < -0.3 is 9.30 Å². The zero-order valence-corrected chi connectivity index (χ0v) is 16.4. The lowest BCUT2D eigenvalue weighted by Crippen LogP contribution is -2.40. The molecule has 0 unspecified atom stereocenters. The maximum Gasteiger partial charge on any atom is 0.255 e. The minimum absolute atomic E-state index is 0.0118. The van der Waals surface area contributed by atoms with E-state index in [1.807, 2.05) is 59.8 Å². The van der Waals surface area contributed by atoms with Crippen LogP contribution in [0.1, 0.15) is 48.7 Å². The first-order valence-electron chi connectivity index (χ1n) is 9.93. The van der Waals surface area contributed by atoms with Gasteiger partial charge in [0.25, 0.3) is 11.5 Å². The Hall–Kier alpha value is -2.89. The third-order valence-electron chi connectivity index (χ3n) is 5.60. The predicted molar refractivity (Wildman–Crippen MR) is 109 cm³/mol. The Labute approximate surface area is 164 Å². The first kappa shape index (κ1) is 18.5. The van der Waals surface area contributed by atoms with Crippen molar-refractivity contribution in [3.05, 3.63) is 70.7 Å². The summed E-state index contributed by atoms with van der Waals surface area (Å²) in [6.45, 7) is 6.19. The smallest absolute Gasteiger partial charge is 0.255 e. The highest BCUT2D eigenvalue weighted by molar-refractivity contribution is 5.95. The van der Waals surface area contributed by atoms with Crippen molar-refractivity contribution in [3.8, 4) is 0 Å². The molecule has 0 bridgehead atoms. The molecule has 1 amide bonds. The van der Waals surface area contributed by atoms with Gasteiger partial charge in [0.2, 0.25) is 0 Å². The van der Waals surface area contributed by atoms with E-state index in [9.17, 15) is 9.59 Å². The Morgan fingerprint density at radius 2 is 2.00 bits per heavy atom. The summed E-state index contributed by atoms with van der Waals surface area (Å²) in [6.07, 6.45) is 7.32. The topological polar surface area (TPSA) is 59.6 Å². The highest BCUT2D eigenvalue weighted by Crippen LogP contribution is 2.21. The van der Waals surface area contributed by atoms with Crippen LogP contribution in [0.25, 0.3) is 5.52 Å². The highest BCUT2D eigenvalue weighted by atomic mass is 16.2. The highest BCUT2D eigenvalue weighted by Gasteiger charge is 2.25. The first-order valence-corrected chi connectivity index (χ1v) is 9.93. The third kappa shape index (κ3) is 3.72. The fraction of sp³-hybridized carbons (Fsp3) is 0.409. The molecule has 28 heavy (non-hydrogen) atoms. The van der Waals surface area contributed by atoms with Crippen molar-refractivity contribution in [1.82, 2.24) is 18.9 Å². The standard InChI is InChI=1S/C22H26N4O2/c1-16(2)20-12-21(27)26(15-23-20)13-17-6-9-24(10-7-17)22(28)18-11-19-5-3-4-8-25(19)14-18/h3-5,8,11-12,14-17H,6-7,9-10,13H2,1-2H3. The van der Waals surface area contributed by atoms with Gasteiger partial charge in [-0.05, 0) is 42.9 Å². The second-order valence-corrected chi connectivity index (χ2v) is 7.96. The Balaban J connectivity index is 1.38. The summed E-state index contributed by atoms with van der Waals surface area (Å²) in [7, 11) is 0. The van der Waals surface area contributed by atoms with Gasteiger partial charge in [0, 0.05) is 43.6 Å². The van der Waals surface area contributed by atoms with E-state index in [2.05, 4.69) is 4.98 Å². The van der Waals surface area contributed by atoms with Crippen molar-refractivity contribution in [2.45, 2.75) is 39.2 Å². The van der Waals surface area contributed by atoms with Gasteiger partial charge in [-0.1, -0.05) is 19.9 Å². The molecule has 0 atom stereocenters. The van der Waals surface area contributed by atoms with E-state index >= 15 is 0 Å². The van der Waals surface area contributed by atoms with Gasteiger partial charge in [-0.15, -0.1) is 0 Å². The quantitative estimate of drug-likeness (QED) is 0.701. The lowest BCUT2D eigenvalue weighted by atomic mass is 9.96. The van der Waals surface area contributed by atoms with Crippen LogP contribution in [0.15, 0.2) is 53.8 Å². The minimum atomic E-state index is 0.0118. The van der Waals surface area contributed by atoms with Crippen LogP contribution in [0.3, 0.4) is 0 Å². The average molecular weight is 378 g/mol. The maximum absolute atomic E-state index is 12.8.